The van der Waals surface area contributed by atoms with Crippen molar-refractivity contribution in [2.45, 2.75) is 31.3 Å². The third kappa shape index (κ3) is 2.20. The summed E-state index contributed by atoms with van der Waals surface area (Å²) in [6.45, 7) is 0.575. The minimum Gasteiger partial charge on any atom is -0.388 e. The van der Waals surface area contributed by atoms with E-state index < -0.39 is 5.60 Å². The minimum atomic E-state index is -0.530. The van der Waals surface area contributed by atoms with Gasteiger partial charge in [0.1, 0.15) is 5.82 Å². The van der Waals surface area contributed by atoms with Crippen molar-refractivity contribution >= 4 is 5.82 Å². The molecule has 0 bridgehead atoms. The number of hydrogen-bond acceptors (Lipinski definition) is 4. The summed E-state index contributed by atoms with van der Waals surface area (Å²) < 4.78 is 0. The molecule has 0 atom stereocenters. The second-order valence-corrected chi connectivity index (χ2v) is 3.89. The molecule has 1 aliphatic rings. The smallest absolute Gasteiger partial charge is 0.148 e. The Kier molecular flexibility index (Phi) is 2.63. The summed E-state index contributed by atoms with van der Waals surface area (Å²) in [6, 6.07) is 3.68. The first kappa shape index (κ1) is 9.40. The summed E-state index contributed by atoms with van der Waals surface area (Å²) in [4.78, 5) is 0. The van der Waals surface area contributed by atoms with E-state index in [1.807, 2.05) is 12.1 Å². The molecule has 2 rings (SSSR count). The van der Waals surface area contributed by atoms with Crippen LogP contribution in [0.25, 0.3) is 0 Å². The average Bonchev–Trinajstić information content (AvgIpc) is 2.65. The zero-order valence-corrected chi connectivity index (χ0v) is 8.11. The maximum atomic E-state index is 10.0. The molecule has 0 amide bonds. The van der Waals surface area contributed by atoms with Crippen molar-refractivity contribution in [2.75, 3.05) is 11.9 Å². The molecule has 76 valence electrons. The van der Waals surface area contributed by atoms with E-state index in [2.05, 4.69) is 15.5 Å². The molecule has 0 spiro atoms. The van der Waals surface area contributed by atoms with Crippen molar-refractivity contribution in [3.05, 3.63) is 18.3 Å². The van der Waals surface area contributed by atoms with Crippen molar-refractivity contribution in [1.82, 2.24) is 10.2 Å². The highest BCUT2D eigenvalue weighted by molar-refractivity contribution is 5.32. The van der Waals surface area contributed by atoms with Gasteiger partial charge in [-0.25, -0.2) is 0 Å². The van der Waals surface area contributed by atoms with Crippen molar-refractivity contribution < 1.29 is 5.11 Å². The van der Waals surface area contributed by atoms with Crippen LogP contribution in [0.1, 0.15) is 25.7 Å². The van der Waals surface area contributed by atoms with Gasteiger partial charge in [0.05, 0.1) is 5.60 Å². The standard InChI is InChI=1S/C10H15N3O/c14-10(5-1-2-6-10)8-11-9-4-3-7-12-13-9/h3-4,7,14H,1-2,5-6,8H2,(H,11,13). The molecule has 0 radical (unpaired) electrons. The van der Waals surface area contributed by atoms with E-state index in [9.17, 15) is 5.11 Å². The van der Waals surface area contributed by atoms with Crippen LogP contribution < -0.4 is 5.32 Å². The Hall–Kier alpha value is -1.16. The Morgan fingerprint density at radius 1 is 1.43 bits per heavy atom. The molecule has 1 aliphatic carbocycles. The van der Waals surface area contributed by atoms with Gasteiger partial charge in [-0.05, 0) is 25.0 Å². The van der Waals surface area contributed by atoms with Crippen LogP contribution in [-0.2, 0) is 0 Å². The Bertz CT molecular complexity index is 283. The number of aromatic nitrogens is 2. The van der Waals surface area contributed by atoms with Gasteiger partial charge in [0.25, 0.3) is 0 Å². The number of anilines is 1. The molecule has 1 aromatic heterocycles. The Morgan fingerprint density at radius 3 is 2.86 bits per heavy atom. The van der Waals surface area contributed by atoms with E-state index in [0.717, 1.165) is 31.5 Å². The molecule has 0 saturated heterocycles. The van der Waals surface area contributed by atoms with Crippen molar-refractivity contribution in [3.8, 4) is 0 Å². The van der Waals surface area contributed by atoms with E-state index >= 15 is 0 Å². The number of nitrogens with one attached hydrogen (secondary N) is 1. The van der Waals surface area contributed by atoms with Gasteiger partial charge in [0.2, 0.25) is 0 Å². The van der Waals surface area contributed by atoms with Gasteiger partial charge in [-0.2, -0.15) is 5.10 Å². The molecular weight excluding hydrogens is 178 g/mol. The summed E-state index contributed by atoms with van der Waals surface area (Å²) in [5.41, 5.74) is -0.530. The summed E-state index contributed by atoms with van der Waals surface area (Å²) in [6.07, 6.45) is 5.66. The molecule has 2 N–H and O–H groups in total. The minimum absolute atomic E-state index is 0.530. The van der Waals surface area contributed by atoms with Gasteiger partial charge in [0.15, 0.2) is 0 Å². The van der Waals surface area contributed by atoms with Crippen LogP contribution >= 0.6 is 0 Å². The fourth-order valence-corrected chi connectivity index (χ4v) is 1.86. The van der Waals surface area contributed by atoms with E-state index in [-0.39, 0.29) is 0 Å². The van der Waals surface area contributed by atoms with E-state index in [1.165, 1.54) is 0 Å². The third-order valence-electron chi connectivity index (χ3n) is 2.71. The second-order valence-electron chi connectivity index (χ2n) is 3.89. The van der Waals surface area contributed by atoms with Crippen LogP contribution in [0.5, 0.6) is 0 Å². The predicted octanol–water partition coefficient (Wildman–Crippen LogP) is 1.19. The summed E-state index contributed by atoms with van der Waals surface area (Å²) >= 11 is 0. The fourth-order valence-electron chi connectivity index (χ4n) is 1.86. The normalized spacial score (nSPS) is 19.5. The average molecular weight is 193 g/mol. The molecular formula is C10H15N3O. The highest BCUT2D eigenvalue weighted by Gasteiger charge is 2.30. The number of nitrogens with zero attached hydrogens (tertiary/aromatic N) is 2. The molecule has 4 nitrogen and oxygen atoms in total. The molecule has 1 aromatic rings. The number of hydrogen-bond donors (Lipinski definition) is 2. The second kappa shape index (κ2) is 3.92. The first-order valence-corrected chi connectivity index (χ1v) is 5.02. The zero-order chi connectivity index (χ0) is 9.86. The van der Waals surface area contributed by atoms with E-state index in [4.69, 9.17) is 0 Å². The van der Waals surface area contributed by atoms with Crippen LogP contribution in [0, 0.1) is 0 Å². The molecule has 4 heteroatoms. The van der Waals surface area contributed by atoms with Gasteiger partial charge >= 0.3 is 0 Å². The summed E-state index contributed by atoms with van der Waals surface area (Å²) in [5.74, 6) is 0.729. The lowest BCUT2D eigenvalue weighted by molar-refractivity contribution is 0.0614. The summed E-state index contributed by atoms with van der Waals surface area (Å²) in [5, 5.41) is 20.8. The van der Waals surface area contributed by atoms with Crippen molar-refractivity contribution in [1.29, 1.82) is 0 Å². The molecule has 0 aliphatic heterocycles. The number of rotatable bonds is 3. The highest BCUT2D eigenvalue weighted by atomic mass is 16.3. The van der Waals surface area contributed by atoms with Crippen LogP contribution in [0.2, 0.25) is 0 Å². The van der Waals surface area contributed by atoms with Gasteiger partial charge in [-0.1, -0.05) is 12.8 Å². The van der Waals surface area contributed by atoms with Gasteiger partial charge in [-0.3, -0.25) is 0 Å². The fraction of sp³-hybridized carbons (Fsp3) is 0.600. The van der Waals surface area contributed by atoms with Gasteiger partial charge in [0, 0.05) is 12.7 Å². The van der Waals surface area contributed by atoms with Crippen molar-refractivity contribution in [3.63, 3.8) is 0 Å². The molecule has 14 heavy (non-hydrogen) atoms. The topological polar surface area (TPSA) is 58.0 Å². The van der Waals surface area contributed by atoms with E-state index in [0.29, 0.717) is 6.54 Å². The third-order valence-corrected chi connectivity index (χ3v) is 2.71. The maximum absolute atomic E-state index is 10.0. The summed E-state index contributed by atoms with van der Waals surface area (Å²) in [7, 11) is 0. The molecule has 1 fully saturated rings. The number of aliphatic hydroxyl groups is 1. The highest BCUT2D eigenvalue weighted by Crippen LogP contribution is 2.29. The Labute approximate surface area is 83.4 Å². The molecule has 1 heterocycles. The lowest BCUT2D eigenvalue weighted by Crippen LogP contribution is -2.33. The van der Waals surface area contributed by atoms with Gasteiger partial charge < -0.3 is 10.4 Å². The Balaban J connectivity index is 1.88. The van der Waals surface area contributed by atoms with Crippen LogP contribution in [-0.4, -0.2) is 27.4 Å². The Morgan fingerprint density at radius 2 is 2.21 bits per heavy atom. The van der Waals surface area contributed by atoms with Crippen molar-refractivity contribution in [2.24, 2.45) is 0 Å². The first-order chi connectivity index (χ1) is 6.79. The lowest BCUT2D eigenvalue weighted by Gasteiger charge is -2.22. The van der Waals surface area contributed by atoms with Crippen LogP contribution in [0.3, 0.4) is 0 Å². The SMILES string of the molecule is OC1(CNc2cccnn2)CCCC1. The van der Waals surface area contributed by atoms with Gasteiger partial charge in [-0.15, -0.1) is 5.10 Å². The largest absolute Gasteiger partial charge is 0.388 e. The lowest BCUT2D eigenvalue weighted by atomic mass is 10.0. The molecule has 0 unspecified atom stereocenters. The molecule has 0 aromatic carbocycles. The monoisotopic (exact) mass is 193 g/mol. The maximum Gasteiger partial charge on any atom is 0.148 e. The quantitative estimate of drug-likeness (QED) is 0.757. The van der Waals surface area contributed by atoms with Crippen LogP contribution in [0.4, 0.5) is 5.82 Å². The molecule has 1 saturated carbocycles. The predicted molar refractivity (Wildman–Crippen MR) is 53.9 cm³/mol. The first-order valence-electron chi connectivity index (χ1n) is 5.02. The van der Waals surface area contributed by atoms with Crippen LogP contribution in [0.15, 0.2) is 18.3 Å². The van der Waals surface area contributed by atoms with E-state index in [1.54, 1.807) is 6.20 Å². The zero-order valence-electron chi connectivity index (χ0n) is 8.11.